The molecule has 0 spiro atoms. The number of benzene rings is 4. The molecule has 4 N–H and O–H groups in total. The van der Waals surface area contributed by atoms with Crippen molar-refractivity contribution in [3.8, 4) is 45.0 Å². The number of hydrogen-bond acceptors (Lipinski definition) is 17. The van der Waals surface area contributed by atoms with Gasteiger partial charge in [-0.2, -0.15) is 46.7 Å². The summed E-state index contributed by atoms with van der Waals surface area (Å²) in [6.07, 6.45) is -4.40. The molecule has 4 saturated heterocycles. The van der Waals surface area contributed by atoms with Crippen molar-refractivity contribution in [1.29, 1.82) is 0 Å². The number of amides is 8. The summed E-state index contributed by atoms with van der Waals surface area (Å²) < 4.78 is 125. The minimum Gasteiger partial charge on any atom is -0.380 e. The van der Waals surface area contributed by atoms with Gasteiger partial charge < -0.3 is 45.6 Å². The zero-order valence-electron chi connectivity index (χ0n) is 78.1. The molecule has 12 heterocycles. The van der Waals surface area contributed by atoms with Crippen molar-refractivity contribution in [2.24, 2.45) is 5.92 Å². The van der Waals surface area contributed by atoms with Crippen molar-refractivity contribution < 1.29 is 83.0 Å². The molecule has 712 valence electrons. The van der Waals surface area contributed by atoms with Crippen molar-refractivity contribution in [2.45, 2.75) is 201 Å². The number of alkyl halides is 6. The molecule has 1 aliphatic carbocycles. The Kier molecular flexibility index (Phi) is 26.5. The van der Waals surface area contributed by atoms with Crippen LogP contribution in [-0.4, -0.2) is 228 Å². The van der Waals surface area contributed by atoms with Crippen LogP contribution in [-0.2, 0) is 25.4 Å². The van der Waals surface area contributed by atoms with Gasteiger partial charge in [-0.25, -0.2) is 51.2 Å². The van der Waals surface area contributed by atoms with Crippen molar-refractivity contribution >= 4 is 69.8 Å². The number of nitrogens with one attached hydrogen (secondary N) is 3. The molecule has 8 amide bonds. The Hall–Kier alpha value is -13.6. The largest absolute Gasteiger partial charge is 0.417 e. The number of imidazole rings is 4. The van der Waals surface area contributed by atoms with E-state index in [9.17, 15) is 83.0 Å². The Morgan fingerprint density at radius 3 is 1.04 bits per heavy atom. The van der Waals surface area contributed by atoms with E-state index in [1.54, 1.807) is 123 Å². The monoisotopic (exact) mass is 1870 g/mol. The Bertz CT molecular complexity index is 6480. The van der Waals surface area contributed by atoms with E-state index in [0.717, 1.165) is 63.3 Å². The molecule has 4 aliphatic heterocycles. The van der Waals surface area contributed by atoms with Crippen LogP contribution >= 0.6 is 0 Å². The second kappa shape index (κ2) is 36.7. The van der Waals surface area contributed by atoms with E-state index in [1.165, 1.54) is 61.1 Å². The Morgan fingerprint density at radius 1 is 0.407 bits per heavy atom. The highest BCUT2D eigenvalue weighted by Gasteiger charge is 2.63. The topological polar surface area (TPSA) is 330 Å². The maximum atomic E-state index is 13.8. The molecule has 0 atom stereocenters. The third-order valence-electron chi connectivity index (χ3n) is 25.5. The van der Waals surface area contributed by atoms with Gasteiger partial charge in [-0.3, -0.25) is 38.4 Å². The number of fused-ring (bicyclic) bond motifs is 4. The van der Waals surface area contributed by atoms with Gasteiger partial charge in [0.15, 0.2) is 39.8 Å². The van der Waals surface area contributed by atoms with Crippen LogP contribution in [0.4, 0.5) is 39.5 Å². The molecule has 1 saturated carbocycles. The minimum atomic E-state index is -4.80. The zero-order chi connectivity index (χ0) is 98.3. The zero-order valence-corrected chi connectivity index (χ0v) is 78.1. The van der Waals surface area contributed by atoms with Gasteiger partial charge in [0.25, 0.3) is 23.6 Å². The van der Waals surface area contributed by atoms with E-state index in [2.05, 4.69) is 84.1 Å². The van der Waals surface area contributed by atoms with Crippen LogP contribution in [0.15, 0.2) is 134 Å². The average molecular weight is 1870 g/mol. The average Bonchev–Trinajstić information content (AvgIpc) is 1.50. The Labute approximate surface area is 772 Å². The van der Waals surface area contributed by atoms with Gasteiger partial charge in [0, 0.05) is 109 Å². The third-order valence-corrected chi connectivity index (χ3v) is 25.5. The summed E-state index contributed by atoms with van der Waals surface area (Å²) in [5, 5.41) is 36.5. The molecular weight excluding hydrogens is 1760 g/mol. The lowest BCUT2D eigenvalue weighted by Crippen LogP contribution is -2.65. The standard InChI is InChI=1S/C29H31F6N5O3.C23H26FN5O2.C23H27N5O2.C22H23F2N5O2/c1-16(2)20-11-21(17-5-7-19(8-6-17)28(30,31)32)37-40-14-22(36-23(20)40)25(42)39-10-9-38(15-26(39,3)4)24(41)18-12-27(43,13-18)29(33,34)35;1-13(2)16-11-18(15-6-7-17(24)14(3)10-15)27-29-12-19(26-20(16)29)21(30)28-9-8-25-22(31)23(28,4)5;1-14(2)17-12-18(16-8-6-15(3)7-9-16)26-28-13-19(25-20(17)28)21(29)27-11-10-24-22(30)23(27,4)5;1-12(2)14-10-17(13-5-6-15(23)16(24)9-13)27-29-11-18(26-19(14)29)20(30)28-8-7-25-21(31)22(28,3)4/h5-8,11,14,16,18,43H,9-10,12-13,15H2,1-4H3;6-7,10-13H,8-9H2,1-5H3,(H,25,31);6-9,12-14H,10-11H2,1-5H3,(H,24,30);5-6,9-12H,7-8H2,1-4H3,(H,25,31). The molecule has 8 aromatic heterocycles. The highest BCUT2D eigenvalue weighted by Crippen LogP contribution is 2.50. The molecular formula is C97H107F9N20O9. The molecule has 29 nitrogen and oxygen atoms in total. The lowest BCUT2D eigenvalue weighted by Gasteiger charge is -2.50. The van der Waals surface area contributed by atoms with Gasteiger partial charge in [-0.15, -0.1) is 0 Å². The molecule has 0 bridgehead atoms. The van der Waals surface area contributed by atoms with Crippen LogP contribution in [0.3, 0.4) is 0 Å². The number of halogens is 9. The summed E-state index contributed by atoms with van der Waals surface area (Å²) in [5.74, 6) is -5.19. The van der Waals surface area contributed by atoms with Crippen molar-refractivity contribution in [1.82, 2.24) is 98.8 Å². The van der Waals surface area contributed by atoms with Crippen molar-refractivity contribution in [2.75, 3.05) is 58.9 Å². The predicted octanol–water partition coefficient (Wildman–Crippen LogP) is 14.9. The molecule has 17 rings (SSSR count). The van der Waals surface area contributed by atoms with Crippen LogP contribution in [0.5, 0.6) is 0 Å². The van der Waals surface area contributed by atoms with Crippen LogP contribution < -0.4 is 16.0 Å². The van der Waals surface area contributed by atoms with Gasteiger partial charge in [0.1, 0.15) is 45.2 Å². The first-order valence-electron chi connectivity index (χ1n) is 44.5. The number of nitrogens with zero attached hydrogens (tertiary/aromatic N) is 17. The number of carbonyl (C=O) groups is 8. The fourth-order valence-electron chi connectivity index (χ4n) is 17.2. The van der Waals surface area contributed by atoms with E-state index < -0.39 is 87.9 Å². The van der Waals surface area contributed by atoms with Gasteiger partial charge >= 0.3 is 12.4 Å². The smallest absolute Gasteiger partial charge is 0.380 e. The molecule has 135 heavy (non-hydrogen) atoms. The van der Waals surface area contributed by atoms with Gasteiger partial charge in [-0.05, 0) is 184 Å². The highest BCUT2D eigenvalue weighted by atomic mass is 19.4. The quantitative estimate of drug-likeness (QED) is 0.0779. The van der Waals surface area contributed by atoms with E-state index in [4.69, 9.17) is 5.10 Å². The number of rotatable bonds is 13. The number of aromatic nitrogens is 12. The van der Waals surface area contributed by atoms with Crippen LogP contribution in [0.25, 0.3) is 67.6 Å². The number of piperazine rings is 4. The molecule has 5 aliphatic rings. The van der Waals surface area contributed by atoms with Gasteiger partial charge in [0.2, 0.25) is 23.6 Å². The fourth-order valence-corrected chi connectivity index (χ4v) is 17.2. The number of aliphatic hydroxyl groups is 1. The van der Waals surface area contributed by atoms with E-state index in [0.29, 0.717) is 101 Å². The first kappa shape index (κ1) is 97.5. The molecule has 38 heteroatoms. The highest BCUT2D eigenvalue weighted by molar-refractivity contribution is 6.01. The number of aryl methyl sites for hydroxylation is 2. The molecule has 0 radical (unpaired) electrons. The van der Waals surface area contributed by atoms with E-state index in [1.807, 2.05) is 65.8 Å². The molecule has 12 aromatic rings. The maximum absolute atomic E-state index is 13.8. The second-order valence-electron chi connectivity index (χ2n) is 38.1. The SMILES string of the molecule is CC(C)c1cc(-c2ccc(C(F)(F)F)cc2)nn2cc(C(=O)N3CCN(C(=O)C4CC(O)(C(F)(F)F)C4)CC3(C)C)nc12.CC(C)c1cc(-c2ccc(F)c(F)c2)nn2cc(C(=O)N3CCNC(=O)C3(C)C)nc12.Cc1cc(-c2cc(C(C)C)c3nc(C(=O)N4CCNC(=O)C4(C)C)cn3n2)ccc1F.Cc1ccc(-c2cc(C(C)C)c3nc(C(=O)N4CCNC(=O)C4(C)C)cn3n2)cc1. The summed E-state index contributed by atoms with van der Waals surface area (Å²) in [7, 11) is 0. The second-order valence-corrected chi connectivity index (χ2v) is 38.1. The van der Waals surface area contributed by atoms with E-state index >= 15 is 0 Å². The van der Waals surface area contributed by atoms with Gasteiger partial charge in [-0.1, -0.05) is 97.4 Å². The lowest BCUT2D eigenvalue weighted by molar-refractivity contribution is -0.297. The normalized spacial score (nSPS) is 18.2. The third kappa shape index (κ3) is 19.4. The molecule has 5 fully saturated rings. The summed E-state index contributed by atoms with van der Waals surface area (Å²) >= 11 is 0. The van der Waals surface area contributed by atoms with E-state index in [-0.39, 0.29) is 102 Å². The molecule has 4 aromatic carbocycles. The molecule has 0 unspecified atom stereocenters. The first-order chi connectivity index (χ1) is 63.2. The van der Waals surface area contributed by atoms with Gasteiger partial charge in [0.05, 0.1) is 58.7 Å². The minimum absolute atomic E-state index is 0.0390. The van der Waals surface area contributed by atoms with Crippen LogP contribution in [0, 0.1) is 37.2 Å². The van der Waals surface area contributed by atoms with Crippen molar-refractivity contribution in [3.63, 3.8) is 0 Å². The maximum Gasteiger partial charge on any atom is 0.417 e. The van der Waals surface area contributed by atoms with Crippen molar-refractivity contribution in [3.05, 3.63) is 213 Å². The number of hydrogen-bond donors (Lipinski definition) is 4. The van der Waals surface area contributed by atoms with Crippen LogP contribution in [0.2, 0.25) is 0 Å². The summed E-state index contributed by atoms with van der Waals surface area (Å²) in [6, 6.07) is 28.8. The Balaban J connectivity index is 0.000000146. The fraction of sp³-hybridized carbons (Fsp3) is 0.423. The first-order valence-corrected chi connectivity index (χ1v) is 44.5. The Morgan fingerprint density at radius 2 is 0.726 bits per heavy atom. The summed E-state index contributed by atoms with van der Waals surface area (Å²) in [4.78, 5) is 129. The predicted molar refractivity (Wildman–Crippen MR) is 484 cm³/mol. The summed E-state index contributed by atoms with van der Waals surface area (Å²) in [5.41, 5.74) is 5.83. The number of carbonyl (C=O) groups excluding carboxylic acids is 8. The summed E-state index contributed by atoms with van der Waals surface area (Å²) in [6.45, 7) is 36.4. The lowest BCUT2D eigenvalue weighted by atomic mass is 9.69. The van der Waals surface area contributed by atoms with Crippen LogP contribution in [0.1, 0.15) is 228 Å².